The van der Waals surface area contributed by atoms with E-state index in [0.717, 1.165) is 66.6 Å². The lowest BCUT2D eigenvalue weighted by Crippen LogP contribution is -2.11. The van der Waals surface area contributed by atoms with Crippen LogP contribution in [0.5, 0.6) is 0 Å². The Bertz CT molecular complexity index is 3840. The predicted octanol–water partition coefficient (Wildman–Crippen LogP) is 16.9. The fourth-order valence-corrected chi connectivity index (χ4v) is 10.1. The highest BCUT2D eigenvalue weighted by molar-refractivity contribution is 6.21. The van der Waals surface area contributed by atoms with Crippen molar-refractivity contribution in [1.82, 2.24) is 4.57 Å². The molecule has 0 saturated heterocycles. The third-order valence-corrected chi connectivity index (χ3v) is 13.0. The molecular formula is C60H38N2O. The summed E-state index contributed by atoms with van der Waals surface area (Å²) in [5.74, 6) is 0. The van der Waals surface area contributed by atoms with Crippen molar-refractivity contribution in [3.63, 3.8) is 0 Å². The van der Waals surface area contributed by atoms with Gasteiger partial charge in [-0.25, -0.2) is 0 Å². The number of hydrogen-bond acceptors (Lipinski definition) is 2. The van der Waals surface area contributed by atoms with E-state index in [1.807, 2.05) is 0 Å². The number of aromatic nitrogens is 1. The van der Waals surface area contributed by atoms with E-state index in [9.17, 15) is 0 Å². The van der Waals surface area contributed by atoms with Gasteiger partial charge in [-0.2, -0.15) is 0 Å². The first-order valence-corrected chi connectivity index (χ1v) is 21.6. The summed E-state index contributed by atoms with van der Waals surface area (Å²) < 4.78 is 9.31. The molecule has 0 amide bonds. The van der Waals surface area contributed by atoms with Crippen molar-refractivity contribution >= 4 is 93.1 Å². The van der Waals surface area contributed by atoms with Crippen molar-refractivity contribution in [2.24, 2.45) is 0 Å². The normalized spacial score (nSPS) is 11.8. The molecule has 13 aromatic rings. The highest BCUT2D eigenvalue weighted by Gasteiger charge is 2.22. The molecule has 2 aromatic heterocycles. The number of para-hydroxylation sites is 3. The number of hydrogen-bond donors (Lipinski definition) is 0. The summed E-state index contributed by atoms with van der Waals surface area (Å²) in [7, 11) is 0. The maximum absolute atomic E-state index is 6.93. The van der Waals surface area contributed by atoms with E-state index in [1.54, 1.807) is 0 Å². The van der Waals surface area contributed by atoms with Gasteiger partial charge in [0.05, 0.1) is 16.7 Å². The minimum atomic E-state index is 0.896. The van der Waals surface area contributed by atoms with Crippen LogP contribution < -0.4 is 4.90 Å². The molecule has 0 radical (unpaired) electrons. The lowest BCUT2D eigenvalue weighted by atomic mass is 9.93. The number of fused-ring (bicyclic) bond motifs is 11. The molecule has 3 heteroatoms. The quantitative estimate of drug-likeness (QED) is 0.156. The second-order valence-corrected chi connectivity index (χ2v) is 16.4. The molecular weight excluding hydrogens is 765 g/mol. The molecule has 11 aromatic carbocycles. The first-order chi connectivity index (χ1) is 31.3. The Morgan fingerprint density at radius 2 is 0.841 bits per heavy atom. The van der Waals surface area contributed by atoms with Crippen molar-refractivity contribution in [3.8, 4) is 27.9 Å². The van der Waals surface area contributed by atoms with E-state index in [-0.39, 0.29) is 0 Å². The highest BCUT2D eigenvalue weighted by atomic mass is 16.3. The topological polar surface area (TPSA) is 21.3 Å². The maximum atomic E-state index is 6.93. The molecule has 0 aliphatic carbocycles. The summed E-state index contributed by atoms with van der Waals surface area (Å²) in [6.07, 6.45) is 0. The summed E-state index contributed by atoms with van der Waals surface area (Å²) >= 11 is 0. The van der Waals surface area contributed by atoms with Crippen LogP contribution in [0.25, 0.3) is 104 Å². The Labute approximate surface area is 363 Å². The Balaban J connectivity index is 1.03. The van der Waals surface area contributed by atoms with Gasteiger partial charge in [0.15, 0.2) is 0 Å². The number of benzene rings is 11. The molecule has 3 nitrogen and oxygen atoms in total. The van der Waals surface area contributed by atoms with Crippen LogP contribution in [-0.4, -0.2) is 4.57 Å². The molecule has 13 rings (SSSR count). The zero-order valence-corrected chi connectivity index (χ0v) is 34.2. The third kappa shape index (κ3) is 5.53. The summed E-state index contributed by atoms with van der Waals surface area (Å²) in [4.78, 5) is 2.42. The lowest BCUT2D eigenvalue weighted by Gasteiger charge is -2.27. The summed E-state index contributed by atoms with van der Waals surface area (Å²) in [5.41, 5.74) is 13.1. The van der Waals surface area contributed by atoms with Gasteiger partial charge in [-0.3, -0.25) is 0 Å². The number of anilines is 3. The number of furan rings is 1. The van der Waals surface area contributed by atoms with Crippen LogP contribution in [0.4, 0.5) is 17.1 Å². The van der Waals surface area contributed by atoms with Gasteiger partial charge in [0.2, 0.25) is 0 Å². The first-order valence-electron chi connectivity index (χ1n) is 21.6. The zero-order chi connectivity index (χ0) is 41.4. The monoisotopic (exact) mass is 802 g/mol. The minimum absolute atomic E-state index is 0.896. The third-order valence-electron chi connectivity index (χ3n) is 13.0. The fraction of sp³-hybridized carbons (Fsp3) is 0. The Morgan fingerprint density at radius 1 is 0.317 bits per heavy atom. The Kier molecular flexibility index (Phi) is 7.91. The van der Waals surface area contributed by atoms with Crippen molar-refractivity contribution in [2.45, 2.75) is 0 Å². The second kappa shape index (κ2) is 14.1. The number of rotatable bonds is 6. The second-order valence-electron chi connectivity index (χ2n) is 16.4. The van der Waals surface area contributed by atoms with E-state index >= 15 is 0 Å². The van der Waals surface area contributed by atoms with E-state index in [0.29, 0.717) is 0 Å². The molecule has 0 bridgehead atoms. The van der Waals surface area contributed by atoms with Crippen molar-refractivity contribution < 1.29 is 4.42 Å². The van der Waals surface area contributed by atoms with E-state index in [2.05, 4.69) is 240 Å². The SMILES string of the molecule is c1ccc(-c2cccc3c2oc2c4ccccc4c(N(c4ccc(-c5cc6ccccc6c6ccccc56)cc4)c4ccc(-n5c6ccccc6c6ccccc65)cc4)cc32)cc1. The fourth-order valence-electron chi connectivity index (χ4n) is 10.1. The lowest BCUT2D eigenvalue weighted by molar-refractivity contribution is 0.674. The van der Waals surface area contributed by atoms with Crippen LogP contribution in [0.2, 0.25) is 0 Å². The molecule has 294 valence electrons. The van der Waals surface area contributed by atoms with Gasteiger partial charge >= 0.3 is 0 Å². The smallest absolute Gasteiger partial charge is 0.143 e. The van der Waals surface area contributed by atoms with Crippen LogP contribution in [0.15, 0.2) is 235 Å². The first kappa shape index (κ1) is 35.4. The zero-order valence-electron chi connectivity index (χ0n) is 34.2. The number of nitrogens with zero attached hydrogens (tertiary/aromatic N) is 2. The van der Waals surface area contributed by atoms with Crippen LogP contribution >= 0.6 is 0 Å². The predicted molar refractivity (Wildman–Crippen MR) is 266 cm³/mol. The van der Waals surface area contributed by atoms with Gasteiger partial charge < -0.3 is 13.9 Å². The molecule has 0 atom stereocenters. The molecule has 2 heterocycles. The van der Waals surface area contributed by atoms with Crippen molar-refractivity contribution in [2.75, 3.05) is 4.90 Å². The summed E-state index contributed by atoms with van der Waals surface area (Å²) in [6.45, 7) is 0. The Morgan fingerprint density at radius 3 is 1.56 bits per heavy atom. The van der Waals surface area contributed by atoms with Gasteiger partial charge in [-0.05, 0) is 98.9 Å². The molecule has 0 spiro atoms. The molecule has 0 aliphatic rings. The van der Waals surface area contributed by atoms with Crippen LogP contribution in [-0.2, 0) is 0 Å². The highest BCUT2D eigenvalue weighted by Crippen LogP contribution is 2.47. The standard InChI is InChI=1S/C60H38N2O/c1-2-15-39(16-3-1)46-25-14-26-53-55-38-58(51-23-8-9-24-52(51)60(55)63-59(46)53)61(43-33-35-44(36-34-43)62-56-27-12-10-21-49(56)50-22-11-13-28-57(50)62)42-31-29-40(30-32-42)54-37-41-17-4-5-18-45(41)47-19-6-7-20-48(47)54/h1-38H. The van der Waals surface area contributed by atoms with Gasteiger partial charge in [0.25, 0.3) is 0 Å². The summed E-state index contributed by atoms with van der Waals surface area (Å²) in [5, 5.41) is 11.9. The van der Waals surface area contributed by atoms with Gasteiger partial charge in [-0.1, -0.05) is 170 Å². The molecule has 0 fully saturated rings. The van der Waals surface area contributed by atoms with Crippen LogP contribution in [0.1, 0.15) is 0 Å². The van der Waals surface area contributed by atoms with Crippen molar-refractivity contribution in [1.29, 1.82) is 0 Å². The Hall–Kier alpha value is -8.40. The molecule has 63 heavy (non-hydrogen) atoms. The van der Waals surface area contributed by atoms with Gasteiger partial charge in [0.1, 0.15) is 11.2 Å². The van der Waals surface area contributed by atoms with Gasteiger partial charge in [0, 0.05) is 54.9 Å². The molecule has 0 N–H and O–H groups in total. The van der Waals surface area contributed by atoms with E-state index in [1.165, 1.54) is 54.5 Å². The summed E-state index contributed by atoms with van der Waals surface area (Å²) in [6, 6.07) is 83.4. The molecule has 0 unspecified atom stereocenters. The van der Waals surface area contributed by atoms with E-state index in [4.69, 9.17) is 4.42 Å². The van der Waals surface area contributed by atoms with Crippen molar-refractivity contribution in [3.05, 3.63) is 231 Å². The van der Waals surface area contributed by atoms with Crippen LogP contribution in [0, 0.1) is 0 Å². The molecule has 0 saturated carbocycles. The molecule has 0 aliphatic heterocycles. The van der Waals surface area contributed by atoms with Crippen LogP contribution in [0.3, 0.4) is 0 Å². The maximum Gasteiger partial charge on any atom is 0.143 e. The minimum Gasteiger partial charge on any atom is -0.455 e. The van der Waals surface area contributed by atoms with E-state index < -0.39 is 0 Å². The van der Waals surface area contributed by atoms with Gasteiger partial charge in [-0.15, -0.1) is 0 Å². The average molecular weight is 803 g/mol. The average Bonchev–Trinajstić information content (AvgIpc) is 3.91. The largest absolute Gasteiger partial charge is 0.455 e.